The summed E-state index contributed by atoms with van der Waals surface area (Å²) in [5, 5.41) is 0. The van der Waals surface area contributed by atoms with E-state index in [0.717, 1.165) is 25.8 Å². The van der Waals surface area contributed by atoms with Gasteiger partial charge in [-0.3, -0.25) is 4.79 Å². The molecule has 3 atom stereocenters. The molecular weight excluding hydrogens is 282 g/mol. The second-order valence-electron chi connectivity index (χ2n) is 7.19. The van der Waals surface area contributed by atoms with Crippen LogP contribution in [0, 0.1) is 5.92 Å². The molecule has 2 rings (SSSR count). The maximum Gasteiger partial charge on any atom is 0.232 e. The standard InChI is InChI=1S/C21H31NO/c1-5-14-22-19(15-17(4)11-9-10-16(2)3)20(21(22)23)18-12-7-6-8-13-18/h6-8,10,12-13,17,19-20H,5,9,11,14-15H2,1-4H3/t17-,19?,20?/m1/s1. The van der Waals surface area contributed by atoms with Crippen LogP contribution in [-0.4, -0.2) is 23.4 Å². The lowest BCUT2D eigenvalue weighted by Crippen LogP contribution is -2.59. The van der Waals surface area contributed by atoms with Gasteiger partial charge in [-0.25, -0.2) is 0 Å². The summed E-state index contributed by atoms with van der Waals surface area (Å²) >= 11 is 0. The molecule has 1 saturated heterocycles. The van der Waals surface area contributed by atoms with Crippen LogP contribution < -0.4 is 0 Å². The molecule has 1 amide bonds. The van der Waals surface area contributed by atoms with Crippen LogP contribution in [0.4, 0.5) is 0 Å². The van der Waals surface area contributed by atoms with E-state index in [0.29, 0.717) is 17.9 Å². The highest BCUT2D eigenvalue weighted by Gasteiger charge is 2.47. The fourth-order valence-electron chi connectivity index (χ4n) is 3.60. The topological polar surface area (TPSA) is 20.3 Å². The fraction of sp³-hybridized carbons (Fsp3) is 0.571. The predicted molar refractivity (Wildman–Crippen MR) is 97.4 cm³/mol. The molecule has 2 unspecified atom stereocenters. The number of hydrogen-bond donors (Lipinski definition) is 0. The SMILES string of the molecule is CCCN1C(=O)C(c2ccccc2)C1C[C@H](C)CCC=C(C)C. The average Bonchev–Trinajstić information content (AvgIpc) is 2.53. The van der Waals surface area contributed by atoms with Crippen LogP contribution in [-0.2, 0) is 4.79 Å². The zero-order chi connectivity index (χ0) is 16.8. The summed E-state index contributed by atoms with van der Waals surface area (Å²) < 4.78 is 0. The van der Waals surface area contributed by atoms with E-state index >= 15 is 0 Å². The molecule has 2 nitrogen and oxygen atoms in total. The number of rotatable bonds is 8. The largest absolute Gasteiger partial charge is 0.338 e. The minimum absolute atomic E-state index is 0.0775. The first-order valence-electron chi connectivity index (χ1n) is 9.03. The third-order valence-electron chi connectivity index (χ3n) is 4.81. The Labute approximate surface area is 141 Å². The summed E-state index contributed by atoms with van der Waals surface area (Å²) in [5.41, 5.74) is 2.58. The van der Waals surface area contributed by atoms with Crippen molar-refractivity contribution < 1.29 is 4.79 Å². The van der Waals surface area contributed by atoms with Crippen molar-refractivity contribution >= 4 is 5.91 Å². The molecule has 1 heterocycles. The summed E-state index contributed by atoms with van der Waals surface area (Å²) in [7, 11) is 0. The number of benzene rings is 1. The number of carbonyl (C=O) groups is 1. The van der Waals surface area contributed by atoms with Gasteiger partial charge in [0.1, 0.15) is 0 Å². The molecule has 1 aliphatic rings. The van der Waals surface area contributed by atoms with Gasteiger partial charge >= 0.3 is 0 Å². The normalized spacial score (nSPS) is 21.7. The van der Waals surface area contributed by atoms with E-state index in [4.69, 9.17) is 0 Å². The van der Waals surface area contributed by atoms with E-state index in [1.165, 1.54) is 17.6 Å². The Kier molecular flexibility index (Phi) is 6.44. The number of β-lactam (4-membered cyclic amide) rings is 1. The third-order valence-corrected chi connectivity index (χ3v) is 4.81. The van der Waals surface area contributed by atoms with Crippen LogP contribution in [0.1, 0.15) is 64.9 Å². The lowest BCUT2D eigenvalue weighted by molar-refractivity contribution is -0.150. The van der Waals surface area contributed by atoms with E-state index in [2.05, 4.69) is 50.8 Å². The van der Waals surface area contributed by atoms with Gasteiger partial charge in [0, 0.05) is 12.6 Å². The van der Waals surface area contributed by atoms with E-state index in [-0.39, 0.29) is 5.92 Å². The molecule has 1 aliphatic heterocycles. The minimum Gasteiger partial charge on any atom is -0.338 e. The van der Waals surface area contributed by atoms with Crippen LogP contribution in [0.2, 0.25) is 0 Å². The molecule has 0 aromatic heterocycles. The molecule has 23 heavy (non-hydrogen) atoms. The first kappa shape index (κ1) is 17.8. The molecule has 1 fully saturated rings. The van der Waals surface area contributed by atoms with E-state index in [9.17, 15) is 4.79 Å². The Morgan fingerprint density at radius 2 is 1.96 bits per heavy atom. The maximum atomic E-state index is 12.6. The van der Waals surface area contributed by atoms with Gasteiger partial charge in [0.25, 0.3) is 0 Å². The van der Waals surface area contributed by atoms with Gasteiger partial charge in [0.2, 0.25) is 5.91 Å². The predicted octanol–water partition coefficient (Wildman–Crippen LogP) is 5.16. The first-order valence-corrected chi connectivity index (χ1v) is 9.03. The number of likely N-dealkylation sites (tertiary alicyclic amines) is 1. The molecule has 0 aliphatic carbocycles. The van der Waals surface area contributed by atoms with Crippen molar-refractivity contribution in [2.24, 2.45) is 5.92 Å². The minimum atomic E-state index is 0.0775. The molecule has 1 aromatic carbocycles. The molecule has 0 bridgehead atoms. The van der Waals surface area contributed by atoms with Gasteiger partial charge in [0.15, 0.2) is 0 Å². The number of allylic oxidation sites excluding steroid dienone is 2. The molecular formula is C21H31NO. The maximum absolute atomic E-state index is 12.6. The highest BCUT2D eigenvalue weighted by molar-refractivity contribution is 5.91. The van der Waals surface area contributed by atoms with Gasteiger partial charge in [-0.2, -0.15) is 0 Å². The monoisotopic (exact) mass is 313 g/mol. The Bertz CT molecular complexity index is 530. The molecule has 2 heteroatoms. The van der Waals surface area contributed by atoms with Crippen LogP contribution in [0.3, 0.4) is 0 Å². The van der Waals surface area contributed by atoms with E-state index in [1.54, 1.807) is 0 Å². The van der Waals surface area contributed by atoms with Crippen molar-refractivity contribution in [2.45, 2.75) is 65.3 Å². The van der Waals surface area contributed by atoms with Gasteiger partial charge in [-0.05, 0) is 51.0 Å². The van der Waals surface area contributed by atoms with Gasteiger partial charge in [0.05, 0.1) is 5.92 Å². The molecule has 0 N–H and O–H groups in total. The van der Waals surface area contributed by atoms with Gasteiger partial charge < -0.3 is 4.90 Å². The summed E-state index contributed by atoms with van der Waals surface area (Å²) in [6.07, 6.45) is 6.82. The van der Waals surface area contributed by atoms with Crippen LogP contribution >= 0.6 is 0 Å². The molecule has 0 radical (unpaired) electrons. The van der Waals surface area contributed by atoms with Crippen LogP contribution in [0.5, 0.6) is 0 Å². The molecule has 0 spiro atoms. The smallest absolute Gasteiger partial charge is 0.232 e. The average molecular weight is 313 g/mol. The van der Waals surface area contributed by atoms with Gasteiger partial charge in [-0.15, -0.1) is 0 Å². The number of nitrogens with zero attached hydrogens (tertiary/aromatic N) is 1. The van der Waals surface area contributed by atoms with Crippen molar-refractivity contribution in [3.05, 3.63) is 47.5 Å². The van der Waals surface area contributed by atoms with Crippen molar-refractivity contribution in [1.29, 1.82) is 0 Å². The molecule has 126 valence electrons. The highest BCUT2D eigenvalue weighted by atomic mass is 16.2. The summed E-state index contributed by atoms with van der Waals surface area (Å²) in [6, 6.07) is 10.7. The van der Waals surface area contributed by atoms with Crippen molar-refractivity contribution in [1.82, 2.24) is 4.90 Å². The zero-order valence-corrected chi connectivity index (χ0v) is 15.1. The summed E-state index contributed by atoms with van der Waals surface area (Å²) in [6.45, 7) is 9.69. The number of amides is 1. The van der Waals surface area contributed by atoms with E-state index < -0.39 is 0 Å². The summed E-state index contributed by atoms with van der Waals surface area (Å²) in [4.78, 5) is 14.7. The second-order valence-corrected chi connectivity index (χ2v) is 7.19. The molecule has 0 saturated carbocycles. The summed E-state index contributed by atoms with van der Waals surface area (Å²) in [5.74, 6) is 1.04. The quantitative estimate of drug-likeness (QED) is 0.479. The lowest BCUT2D eigenvalue weighted by Gasteiger charge is -2.48. The Morgan fingerprint density at radius 3 is 2.57 bits per heavy atom. The third kappa shape index (κ3) is 4.46. The lowest BCUT2D eigenvalue weighted by atomic mass is 9.76. The zero-order valence-electron chi connectivity index (χ0n) is 15.1. The fourth-order valence-corrected chi connectivity index (χ4v) is 3.60. The number of carbonyl (C=O) groups excluding carboxylic acids is 1. The Morgan fingerprint density at radius 1 is 1.26 bits per heavy atom. The highest BCUT2D eigenvalue weighted by Crippen LogP contribution is 2.39. The van der Waals surface area contributed by atoms with Crippen molar-refractivity contribution in [3.8, 4) is 0 Å². The van der Waals surface area contributed by atoms with Crippen molar-refractivity contribution in [2.75, 3.05) is 6.54 Å². The second kappa shape index (κ2) is 8.33. The Hall–Kier alpha value is -1.57. The van der Waals surface area contributed by atoms with E-state index in [1.807, 2.05) is 18.2 Å². The Balaban J connectivity index is 2.02. The molecule has 1 aromatic rings. The number of hydrogen-bond acceptors (Lipinski definition) is 1. The van der Waals surface area contributed by atoms with Crippen LogP contribution in [0.25, 0.3) is 0 Å². The first-order chi connectivity index (χ1) is 11.0. The van der Waals surface area contributed by atoms with Gasteiger partial charge in [-0.1, -0.05) is 55.8 Å². The van der Waals surface area contributed by atoms with Crippen molar-refractivity contribution in [3.63, 3.8) is 0 Å². The van der Waals surface area contributed by atoms with Crippen LogP contribution in [0.15, 0.2) is 42.0 Å².